The minimum Gasteiger partial charge on any atom is -0.486 e. The lowest BCUT2D eigenvalue weighted by Crippen LogP contribution is -2.49. The summed E-state index contributed by atoms with van der Waals surface area (Å²) in [4.78, 5) is 28.0. The molecule has 2 aromatic rings. The average Bonchev–Trinajstić information content (AvgIpc) is 3.16. The van der Waals surface area contributed by atoms with Crippen LogP contribution in [0.2, 0.25) is 0 Å². The molecule has 3 fully saturated rings. The highest BCUT2D eigenvalue weighted by molar-refractivity contribution is 7.91. The number of piperidine rings is 2. The molecule has 0 unspecified atom stereocenters. The molecule has 6 rings (SSSR count). The molecular formula is C31H44N6O5S. The van der Waals surface area contributed by atoms with Gasteiger partial charge in [0.15, 0.2) is 9.84 Å². The van der Waals surface area contributed by atoms with Crippen molar-refractivity contribution in [2.75, 3.05) is 61.0 Å². The van der Waals surface area contributed by atoms with Crippen molar-refractivity contribution in [3.05, 3.63) is 35.2 Å². The summed E-state index contributed by atoms with van der Waals surface area (Å²) < 4.78 is 35.9. The minimum absolute atomic E-state index is 0.132. The number of carbonyl (C=O) groups excluding carboxylic acids is 1. The molecule has 0 bridgehead atoms. The molecule has 0 aliphatic carbocycles. The van der Waals surface area contributed by atoms with Gasteiger partial charge in [0.05, 0.1) is 22.8 Å². The smallest absolute Gasteiger partial charge is 0.410 e. The van der Waals surface area contributed by atoms with Crippen molar-refractivity contribution in [1.82, 2.24) is 19.8 Å². The first-order valence-corrected chi connectivity index (χ1v) is 17.3. The summed E-state index contributed by atoms with van der Waals surface area (Å²) in [5.74, 6) is 2.99. The van der Waals surface area contributed by atoms with Crippen molar-refractivity contribution in [3.63, 3.8) is 0 Å². The van der Waals surface area contributed by atoms with Crippen LogP contribution in [0.15, 0.2) is 18.5 Å². The maximum absolute atomic E-state index is 12.5. The summed E-state index contributed by atoms with van der Waals surface area (Å²) in [6, 6.07) is 4.98. The summed E-state index contributed by atoms with van der Waals surface area (Å²) in [6.45, 7) is 12.6. The predicted molar refractivity (Wildman–Crippen MR) is 166 cm³/mol. The number of amides is 1. The van der Waals surface area contributed by atoms with E-state index in [-0.39, 0.29) is 17.6 Å². The van der Waals surface area contributed by atoms with E-state index in [2.05, 4.69) is 39.2 Å². The molecule has 12 heteroatoms. The van der Waals surface area contributed by atoms with Crippen molar-refractivity contribution >= 4 is 33.3 Å². The van der Waals surface area contributed by atoms with Gasteiger partial charge < -0.3 is 29.5 Å². The number of fused-ring (bicyclic) bond motifs is 2. The summed E-state index contributed by atoms with van der Waals surface area (Å²) in [5, 5.41) is 3.53. The maximum Gasteiger partial charge on any atom is 0.410 e. The van der Waals surface area contributed by atoms with Crippen LogP contribution in [-0.4, -0.2) is 96.7 Å². The topological polar surface area (TPSA) is 117 Å². The van der Waals surface area contributed by atoms with Gasteiger partial charge in [-0.1, -0.05) is 6.07 Å². The molecule has 3 saturated heterocycles. The first kappa shape index (κ1) is 29.9. The van der Waals surface area contributed by atoms with Gasteiger partial charge in [-0.2, -0.15) is 0 Å². The number of rotatable bonds is 3. The van der Waals surface area contributed by atoms with E-state index in [4.69, 9.17) is 9.47 Å². The predicted octanol–water partition coefficient (Wildman–Crippen LogP) is 4.23. The Morgan fingerprint density at radius 2 is 1.70 bits per heavy atom. The Labute approximate surface area is 254 Å². The van der Waals surface area contributed by atoms with Crippen LogP contribution in [0.25, 0.3) is 0 Å². The first-order chi connectivity index (χ1) is 20.5. The lowest BCUT2D eigenvalue weighted by atomic mass is 9.87. The van der Waals surface area contributed by atoms with Crippen LogP contribution < -0.4 is 15.0 Å². The van der Waals surface area contributed by atoms with E-state index in [1.54, 1.807) is 6.33 Å². The van der Waals surface area contributed by atoms with E-state index in [1.807, 2.05) is 30.6 Å². The molecule has 0 saturated carbocycles. The van der Waals surface area contributed by atoms with Crippen LogP contribution in [0.3, 0.4) is 0 Å². The molecule has 4 aliphatic heterocycles. The third-order valence-electron chi connectivity index (χ3n) is 9.11. The molecule has 1 amide bonds. The number of nitrogens with one attached hydrogen (secondary N) is 1. The van der Waals surface area contributed by atoms with Crippen molar-refractivity contribution in [2.45, 2.75) is 77.5 Å². The third-order valence-corrected chi connectivity index (χ3v) is 10.7. The van der Waals surface area contributed by atoms with Gasteiger partial charge in [0.25, 0.3) is 0 Å². The number of sulfone groups is 1. The van der Waals surface area contributed by atoms with Crippen LogP contribution >= 0.6 is 0 Å². The number of anilines is 3. The zero-order chi connectivity index (χ0) is 30.4. The third kappa shape index (κ3) is 6.69. The summed E-state index contributed by atoms with van der Waals surface area (Å²) in [5.41, 5.74) is 3.70. The van der Waals surface area contributed by atoms with E-state index in [1.165, 1.54) is 5.56 Å². The van der Waals surface area contributed by atoms with Gasteiger partial charge >= 0.3 is 6.09 Å². The van der Waals surface area contributed by atoms with Gasteiger partial charge in [-0.25, -0.2) is 23.2 Å². The maximum atomic E-state index is 12.5. The van der Waals surface area contributed by atoms with Gasteiger partial charge in [0.1, 0.15) is 35.9 Å². The van der Waals surface area contributed by atoms with Gasteiger partial charge in [0, 0.05) is 32.2 Å². The fourth-order valence-electron chi connectivity index (χ4n) is 6.77. The Bertz CT molecular complexity index is 1450. The molecule has 0 radical (unpaired) electrons. The Morgan fingerprint density at radius 1 is 1.00 bits per heavy atom. The molecule has 5 heterocycles. The van der Waals surface area contributed by atoms with E-state index in [0.717, 1.165) is 80.2 Å². The number of likely N-dealkylation sites (tertiary alicyclic amines) is 2. The molecule has 1 aromatic heterocycles. The highest BCUT2D eigenvalue weighted by Gasteiger charge is 2.33. The number of ether oxygens (including phenoxy) is 2. The lowest BCUT2D eigenvalue weighted by Gasteiger charge is -2.42. The normalized spacial score (nSPS) is 21.7. The summed E-state index contributed by atoms with van der Waals surface area (Å²) in [6.07, 6.45) is 5.49. The number of aromatic nitrogens is 2. The van der Waals surface area contributed by atoms with Crippen LogP contribution in [-0.2, 0) is 21.2 Å². The Kier molecular flexibility index (Phi) is 8.18. The number of nitrogens with zero attached hydrogens (tertiary/aromatic N) is 5. The Hall–Kier alpha value is -3.12. The molecule has 1 aromatic carbocycles. The molecule has 11 nitrogen and oxygen atoms in total. The second kappa shape index (κ2) is 11.8. The zero-order valence-corrected chi connectivity index (χ0v) is 26.6. The van der Waals surface area contributed by atoms with Gasteiger partial charge in [-0.3, -0.25) is 0 Å². The number of carbonyl (C=O) groups is 1. The van der Waals surface area contributed by atoms with E-state index < -0.39 is 15.4 Å². The molecule has 43 heavy (non-hydrogen) atoms. The number of aryl methyl sites for hydroxylation is 1. The number of benzene rings is 1. The number of hydrogen-bond acceptors (Lipinski definition) is 10. The van der Waals surface area contributed by atoms with Crippen molar-refractivity contribution < 1.29 is 22.7 Å². The van der Waals surface area contributed by atoms with E-state index in [9.17, 15) is 13.2 Å². The second-order valence-corrected chi connectivity index (χ2v) is 15.6. The van der Waals surface area contributed by atoms with Crippen molar-refractivity contribution in [3.8, 4) is 5.75 Å². The van der Waals surface area contributed by atoms with Gasteiger partial charge in [-0.05, 0) is 89.6 Å². The van der Waals surface area contributed by atoms with Gasteiger partial charge in [-0.15, -0.1) is 0 Å². The molecule has 234 valence electrons. The fraction of sp³-hybridized carbons (Fsp3) is 0.645. The summed E-state index contributed by atoms with van der Waals surface area (Å²) in [7, 11) is -2.99. The van der Waals surface area contributed by atoms with Crippen LogP contribution in [0.5, 0.6) is 5.75 Å². The quantitative estimate of drug-likeness (QED) is 0.540. The molecule has 0 atom stereocenters. The number of hydrogen-bond donors (Lipinski definition) is 1. The monoisotopic (exact) mass is 612 g/mol. The van der Waals surface area contributed by atoms with Crippen LogP contribution in [0.4, 0.5) is 22.1 Å². The fourth-order valence-corrected chi connectivity index (χ4v) is 7.97. The molecular weight excluding hydrogens is 568 g/mol. The summed E-state index contributed by atoms with van der Waals surface area (Å²) >= 11 is 0. The standard InChI is InChI=1S/C31H44N6O5S/c1-21-17-23(22-5-9-35(10-6-22)24-7-11-37(12-8-24)30(38)42-31(2,3)4)18-26-27(21)41-19-25-28(34-26)32-20-33-29(25)36-13-15-43(39,40)16-14-36/h17-18,20,22,24H,5-16,19H2,1-4H3,(H,32,33,34). The van der Waals surface area contributed by atoms with E-state index in [0.29, 0.717) is 37.5 Å². The second-order valence-electron chi connectivity index (χ2n) is 13.3. The highest BCUT2D eigenvalue weighted by atomic mass is 32.2. The highest BCUT2D eigenvalue weighted by Crippen LogP contribution is 2.42. The molecule has 0 spiro atoms. The molecule has 4 aliphatic rings. The van der Waals surface area contributed by atoms with Crippen molar-refractivity contribution in [1.29, 1.82) is 0 Å². The molecule has 1 N–H and O–H groups in total. The van der Waals surface area contributed by atoms with Crippen LogP contribution in [0.1, 0.15) is 69.1 Å². The lowest BCUT2D eigenvalue weighted by molar-refractivity contribution is 0.0127. The first-order valence-electron chi connectivity index (χ1n) is 15.5. The minimum atomic E-state index is -2.99. The Morgan fingerprint density at radius 3 is 2.37 bits per heavy atom. The average molecular weight is 613 g/mol. The van der Waals surface area contributed by atoms with Crippen molar-refractivity contribution in [2.24, 2.45) is 0 Å². The van der Waals surface area contributed by atoms with Crippen LogP contribution in [0, 0.1) is 6.92 Å². The largest absolute Gasteiger partial charge is 0.486 e. The SMILES string of the molecule is Cc1cc(C2CCN(C3CCN(C(=O)OC(C)(C)C)CC3)CC2)cc2c1OCc1c(ncnc1N1CCS(=O)(=O)CC1)N2. The zero-order valence-electron chi connectivity index (χ0n) is 25.8. The Balaban J connectivity index is 1.09. The van der Waals surface area contributed by atoms with Gasteiger partial charge in [0.2, 0.25) is 0 Å². The van der Waals surface area contributed by atoms with E-state index >= 15 is 0 Å².